The first-order chi connectivity index (χ1) is 7.75. The Morgan fingerprint density at radius 1 is 1.56 bits per heavy atom. The monoisotopic (exact) mass is 222 g/mol. The molecule has 0 aromatic heterocycles. The molecule has 0 spiro atoms. The highest BCUT2D eigenvalue weighted by Gasteiger charge is 2.20. The summed E-state index contributed by atoms with van der Waals surface area (Å²) in [5.74, 6) is -0.0176. The van der Waals surface area contributed by atoms with Crippen LogP contribution in [0.1, 0.15) is 0 Å². The van der Waals surface area contributed by atoms with Crippen molar-refractivity contribution in [2.24, 2.45) is 0 Å². The summed E-state index contributed by atoms with van der Waals surface area (Å²) in [5, 5.41) is 15.0. The Kier molecular flexibility index (Phi) is 3.38. The van der Waals surface area contributed by atoms with Crippen molar-refractivity contribution in [2.75, 3.05) is 25.1 Å². The predicted octanol–water partition coefficient (Wildman–Crippen LogP) is 0.319. The molecule has 5 nitrogen and oxygen atoms in total. The van der Waals surface area contributed by atoms with Crippen LogP contribution in [0.25, 0.3) is 0 Å². The maximum atomic E-state index is 11.7. The lowest BCUT2D eigenvalue weighted by Crippen LogP contribution is -2.48. The highest BCUT2D eigenvalue weighted by Crippen LogP contribution is 2.15. The van der Waals surface area contributed by atoms with Crippen LogP contribution in [0.4, 0.5) is 5.69 Å². The van der Waals surface area contributed by atoms with Gasteiger partial charge in [0.2, 0.25) is 5.91 Å². The third-order valence-electron chi connectivity index (χ3n) is 2.35. The molecule has 1 aromatic carbocycles. The van der Waals surface area contributed by atoms with Gasteiger partial charge in [0.1, 0.15) is 11.8 Å². The zero-order valence-corrected chi connectivity index (χ0v) is 8.77. The van der Waals surface area contributed by atoms with Crippen molar-refractivity contribution < 1.29 is 14.6 Å². The molecule has 1 aliphatic rings. The maximum Gasteiger partial charge on any atom is 0.243 e. The molecule has 1 fully saturated rings. The van der Waals surface area contributed by atoms with Crippen LogP contribution >= 0.6 is 0 Å². The van der Waals surface area contributed by atoms with Crippen LogP contribution in [0, 0.1) is 0 Å². The topological polar surface area (TPSA) is 70.6 Å². The number of hydrogen-bond acceptors (Lipinski definition) is 4. The number of rotatable bonds is 2. The minimum atomic E-state index is -0.323. The van der Waals surface area contributed by atoms with E-state index >= 15 is 0 Å². The number of benzene rings is 1. The molecule has 1 aromatic rings. The molecule has 1 heterocycles. The second-order valence-corrected chi connectivity index (χ2v) is 3.62. The molecule has 86 valence electrons. The van der Waals surface area contributed by atoms with Crippen LogP contribution in [0.2, 0.25) is 0 Å². The second kappa shape index (κ2) is 4.96. The average molecular weight is 222 g/mol. The van der Waals surface area contributed by atoms with Crippen LogP contribution in [-0.2, 0) is 9.53 Å². The average Bonchev–Trinajstić information content (AvgIpc) is 2.30. The van der Waals surface area contributed by atoms with Crippen LogP contribution in [0.3, 0.4) is 0 Å². The summed E-state index contributed by atoms with van der Waals surface area (Å²) < 4.78 is 5.19. The summed E-state index contributed by atoms with van der Waals surface area (Å²) in [6.07, 6.45) is 0. The molecule has 5 heteroatoms. The summed E-state index contributed by atoms with van der Waals surface area (Å²) >= 11 is 0. The summed E-state index contributed by atoms with van der Waals surface area (Å²) in [6.45, 7) is 1.69. The van der Waals surface area contributed by atoms with Gasteiger partial charge in [-0.25, -0.2) is 0 Å². The van der Waals surface area contributed by atoms with Gasteiger partial charge in [0.25, 0.3) is 0 Å². The molecule has 3 N–H and O–H groups in total. The minimum absolute atomic E-state index is 0.130. The van der Waals surface area contributed by atoms with Crippen molar-refractivity contribution in [1.82, 2.24) is 5.32 Å². The third-order valence-corrected chi connectivity index (χ3v) is 2.35. The van der Waals surface area contributed by atoms with Crippen molar-refractivity contribution in [3.8, 4) is 5.75 Å². The van der Waals surface area contributed by atoms with E-state index in [2.05, 4.69) is 10.6 Å². The smallest absolute Gasteiger partial charge is 0.243 e. The van der Waals surface area contributed by atoms with Gasteiger partial charge in [-0.1, -0.05) is 6.07 Å². The standard InChI is InChI=1S/C11H14N2O3/c14-9-3-1-2-8(6-9)13-11(15)10-7-16-5-4-12-10/h1-3,6,10,12,14H,4-5,7H2,(H,13,15)/t10-/m1/s1. The fraction of sp³-hybridized carbons (Fsp3) is 0.364. The van der Waals surface area contributed by atoms with Crippen molar-refractivity contribution in [1.29, 1.82) is 0 Å². The first-order valence-electron chi connectivity index (χ1n) is 5.17. The Morgan fingerprint density at radius 2 is 2.44 bits per heavy atom. The summed E-state index contributed by atoms with van der Waals surface area (Å²) in [6, 6.07) is 6.13. The van der Waals surface area contributed by atoms with E-state index in [1.165, 1.54) is 6.07 Å². The first kappa shape index (κ1) is 10.9. The Labute approximate surface area is 93.4 Å². The summed E-state index contributed by atoms with van der Waals surface area (Å²) in [7, 11) is 0. The van der Waals surface area contributed by atoms with Crippen LogP contribution in [-0.4, -0.2) is 36.8 Å². The lowest BCUT2D eigenvalue weighted by atomic mass is 10.2. The van der Waals surface area contributed by atoms with Gasteiger partial charge in [0.15, 0.2) is 0 Å². The molecule has 1 atom stereocenters. The van der Waals surface area contributed by atoms with E-state index < -0.39 is 0 Å². The number of carbonyl (C=O) groups excluding carboxylic acids is 1. The molecule has 0 saturated carbocycles. The number of aromatic hydroxyl groups is 1. The van der Waals surface area contributed by atoms with E-state index in [0.717, 1.165) is 0 Å². The highest BCUT2D eigenvalue weighted by atomic mass is 16.5. The van der Waals surface area contributed by atoms with Gasteiger partial charge in [-0.3, -0.25) is 4.79 Å². The Bertz CT molecular complexity index is 375. The van der Waals surface area contributed by atoms with E-state index in [0.29, 0.717) is 25.4 Å². The maximum absolute atomic E-state index is 11.7. The van der Waals surface area contributed by atoms with Crippen LogP contribution in [0.15, 0.2) is 24.3 Å². The van der Waals surface area contributed by atoms with Crippen molar-refractivity contribution in [3.05, 3.63) is 24.3 Å². The number of anilines is 1. The number of phenols is 1. The highest BCUT2D eigenvalue weighted by molar-refractivity contribution is 5.95. The quantitative estimate of drug-likeness (QED) is 0.674. The van der Waals surface area contributed by atoms with Gasteiger partial charge < -0.3 is 20.5 Å². The minimum Gasteiger partial charge on any atom is -0.508 e. The lowest BCUT2D eigenvalue weighted by Gasteiger charge is -2.22. The Hall–Kier alpha value is -1.59. The van der Waals surface area contributed by atoms with Gasteiger partial charge >= 0.3 is 0 Å². The Morgan fingerprint density at radius 3 is 3.12 bits per heavy atom. The zero-order valence-electron chi connectivity index (χ0n) is 8.77. The second-order valence-electron chi connectivity index (χ2n) is 3.62. The first-order valence-corrected chi connectivity index (χ1v) is 5.17. The fourth-order valence-corrected chi connectivity index (χ4v) is 1.55. The van der Waals surface area contributed by atoms with E-state index in [1.807, 2.05) is 0 Å². The predicted molar refractivity (Wildman–Crippen MR) is 59.3 cm³/mol. The molecule has 2 rings (SSSR count). The lowest BCUT2D eigenvalue weighted by molar-refractivity contribution is -0.120. The molecule has 0 unspecified atom stereocenters. The largest absolute Gasteiger partial charge is 0.508 e. The number of hydrogen-bond donors (Lipinski definition) is 3. The zero-order chi connectivity index (χ0) is 11.4. The van der Waals surface area contributed by atoms with Crippen molar-refractivity contribution >= 4 is 11.6 Å². The summed E-state index contributed by atoms with van der Waals surface area (Å²) in [4.78, 5) is 11.7. The van der Waals surface area contributed by atoms with Gasteiger partial charge in [-0.05, 0) is 12.1 Å². The molecule has 1 aliphatic heterocycles. The molecular formula is C11H14N2O3. The van der Waals surface area contributed by atoms with E-state index in [-0.39, 0.29) is 17.7 Å². The fourth-order valence-electron chi connectivity index (χ4n) is 1.55. The van der Waals surface area contributed by atoms with E-state index in [9.17, 15) is 9.90 Å². The molecule has 0 bridgehead atoms. The third kappa shape index (κ3) is 2.71. The van der Waals surface area contributed by atoms with Gasteiger partial charge in [0, 0.05) is 18.3 Å². The number of morpholine rings is 1. The number of amides is 1. The number of phenolic OH excluding ortho intramolecular Hbond substituents is 1. The molecule has 0 aliphatic carbocycles. The number of nitrogens with one attached hydrogen (secondary N) is 2. The normalized spacial score (nSPS) is 20.4. The van der Waals surface area contributed by atoms with Gasteiger partial charge in [-0.2, -0.15) is 0 Å². The number of carbonyl (C=O) groups is 1. The van der Waals surface area contributed by atoms with Crippen molar-refractivity contribution in [3.63, 3.8) is 0 Å². The molecule has 1 saturated heterocycles. The van der Waals surface area contributed by atoms with Crippen LogP contribution in [0.5, 0.6) is 5.75 Å². The van der Waals surface area contributed by atoms with E-state index in [4.69, 9.17) is 4.74 Å². The van der Waals surface area contributed by atoms with Gasteiger partial charge in [-0.15, -0.1) is 0 Å². The molecular weight excluding hydrogens is 208 g/mol. The Balaban J connectivity index is 1.96. The number of ether oxygens (including phenoxy) is 1. The summed E-state index contributed by atoms with van der Waals surface area (Å²) in [5.41, 5.74) is 0.581. The van der Waals surface area contributed by atoms with Crippen molar-refractivity contribution in [2.45, 2.75) is 6.04 Å². The SMILES string of the molecule is O=C(Nc1cccc(O)c1)[C@H]1COCCN1. The van der Waals surface area contributed by atoms with E-state index in [1.54, 1.807) is 18.2 Å². The van der Waals surface area contributed by atoms with Gasteiger partial charge in [0.05, 0.1) is 13.2 Å². The molecule has 1 amide bonds. The van der Waals surface area contributed by atoms with Crippen LogP contribution < -0.4 is 10.6 Å². The molecule has 0 radical (unpaired) electrons. The molecule has 16 heavy (non-hydrogen) atoms.